The first-order chi connectivity index (χ1) is 14.8. The molecule has 31 heavy (non-hydrogen) atoms. The molecule has 0 atom stereocenters. The topological polar surface area (TPSA) is 124 Å². The van der Waals surface area contributed by atoms with Crippen molar-refractivity contribution in [2.45, 2.75) is 30.7 Å². The lowest BCUT2D eigenvalue weighted by atomic mass is 10.1. The van der Waals surface area contributed by atoms with Crippen molar-refractivity contribution in [2.24, 2.45) is 0 Å². The quantitative estimate of drug-likeness (QED) is 0.559. The van der Waals surface area contributed by atoms with Crippen LogP contribution in [0.5, 0.6) is 0 Å². The van der Waals surface area contributed by atoms with E-state index >= 15 is 0 Å². The summed E-state index contributed by atoms with van der Waals surface area (Å²) in [5.74, 6) is -0.423. The Balaban J connectivity index is 1.38. The van der Waals surface area contributed by atoms with E-state index in [0.29, 0.717) is 42.7 Å². The number of carbonyl (C=O) groups excluding carboxylic acids is 2. The molecule has 9 nitrogen and oxygen atoms in total. The molecule has 1 aliphatic heterocycles. The van der Waals surface area contributed by atoms with E-state index in [4.69, 9.17) is 0 Å². The summed E-state index contributed by atoms with van der Waals surface area (Å²) < 4.78 is 27.3. The fourth-order valence-electron chi connectivity index (χ4n) is 3.72. The normalized spacial score (nSPS) is 15.6. The molecule has 3 N–H and O–H groups in total. The minimum atomic E-state index is -3.64. The average Bonchev–Trinajstić information content (AvgIpc) is 3.23. The van der Waals surface area contributed by atoms with Gasteiger partial charge in [0.1, 0.15) is 0 Å². The second-order valence-corrected chi connectivity index (χ2v) is 9.44. The minimum absolute atomic E-state index is 0.112. The van der Waals surface area contributed by atoms with Crippen molar-refractivity contribution in [3.63, 3.8) is 0 Å². The van der Waals surface area contributed by atoms with E-state index in [-0.39, 0.29) is 22.8 Å². The van der Waals surface area contributed by atoms with Crippen LogP contribution in [0.15, 0.2) is 53.6 Å². The van der Waals surface area contributed by atoms with Crippen molar-refractivity contribution in [2.75, 3.05) is 18.4 Å². The van der Waals surface area contributed by atoms with Crippen LogP contribution in [0.4, 0.5) is 5.69 Å². The van der Waals surface area contributed by atoms with E-state index in [9.17, 15) is 18.0 Å². The molecule has 2 aromatic carbocycles. The third kappa shape index (κ3) is 4.44. The van der Waals surface area contributed by atoms with Gasteiger partial charge in [-0.3, -0.25) is 14.7 Å². The third-order valence-corrected chi connectivity index (χ3v) is 7.24. The molecule has 0 bridgehead atoms. The van der Waals surface area contributed by atoms with E-state index in [1.165, 1.54) is 23.4 Å². The van der Waals surface area contributed by atoms with Gasteiger partial charge in [-0.1, -0.05) is 12.1 Å². The number of hydrogen-bond donors (Lipinski definition) is 3. The molecule has 1 aliphatic rings. The van der Waals surface area contributed by atoms with Crippen molar-refractivity contribution in [3.8, 4) is 0 Å². The Kier molecular flexibility index (Phi) is 5.75. The molecule has 0 spiro atoms. The van der Waals surface area contributed by atoms with Crippen LogP contribution in [0.2, 0.25) is 0 Å². The summed E-state index contributed by atoms with van der Waals surface area (Å²) in [5.41, 5.74) is 1.74. The molecule has 10 heteroatoms. The number of sulfonamides is 1. The predicted molar refractivity (Wildman–Crippen MR) is 116 cm³/mol. The minimum Gasteiger partial charge on any atom is -0.349 e. The first kappa shape index (κ1) is 21.0. The van der Waals surface area contributed by atoms with Gasteiger partial charge in [0.15, 0.2) is 0 Å². The SMILES string of the molecule is CC(=O)Nc1ccc(S(=O)(=O)N2CCC(NC(=O)c3cccc4cn[nH]c34)CC2)cc1. The van der Waals surface area contributed by atoms with E-state index in [1.54, 1.807) is 30.5 Å². The standard InChI is InChI=1S/C21H23N5O4S/c1-14(27)23-16-5-7-18(8-6-16)31(29,30)26-11-9-17(10-12-26)24-21(28)19-4-2-3-15-13-22-25-20(15)19/h2-8,13,17H,9-12H2,1H3,(H,22,25)(H,23,27)(H,24,28). The van der Waals surface area contributed by atoms with Gasteiger partial charge in [0.25, 0.3) is 5.91 Å². The highest BCUT2D eigenvalue weighted by atomic mass is 32.2. The zero-order valence-electron chi connectivity index (χ0n) is 17.0. The largest absolute Gasteiger partial charge is 0.349 e. The number of benzene rings is 2. The van der Waals surface area contributed by atoms with Crippen LogP contribution in [0, 0.1) is 0 Å². The smallest absolute Gasteiger partial charge is 0.253 e. The first-order valence-corrected chi connectivity index (χ1v) is 11.4. The van der Waals surface area contributed by atoms with Crippen LogP contribution in [0.25, 0.3) is 10.9 Å². The lowest BCUT2D eigenvalue weighted by Crippen LogP contribution is -2.46. The molecular weight excluding hydrogens is 418 g/mol. The van der Waals surface area contributed by atoms with E-state index in [2.05, 4.69) is 20.8 Å². The Morgan fingerprint density at radius 1 is 1.10 bits per heavy atom. The van der Waals surface area contributed by atoms with Crippen LogP contribution in [0.1, 0.15) is 30.1 Å². The molecular formula is C21H23N5O4S. The van der Waals surface area contributed by atoms with Crippen LogP contribution in [0.3, 0.4) is 0 Å². The molecule has 2 heterocycles. The number of rotatable bonds is 5. The number of hydrogen-bond acceptors (Lipinski definition) is 5. The van der Waals surface area contributed by atoms with Crippen molar-refractivity contribution >= 4 is 38.4 Å². The summed E-state index contributed by atoms with van der Waals surface area (Å²) in [6.07, 6.45) is 2.71. The fourth-order valence-corrected chi connectivity index (χ4v) is 5.19. The summed E-state index contributed by atoms with van der Waals surface area (Å²) in [7, 11) is -3.64. The Bertz CT molecular complexity index is 1210. The maximum absolute atomic E-state index is 12.9. The van der Waals surface area contributed by atoms with Gasteiger partial charge in [0, 0.05) is 37.1 Å². The molecule has 0 saturated carbocycles. The van der Waals surface area contributed by atoms with Crippen LogP contribution >= 0.6 is 0 Å². The highest BCUT2D eigenvalue weighted by molar-refractivity contribution is 7.89. The molecule has 2 amide bonds. The number of para-hydroxylation sites is 1. The lowest BCUT2D eigenvalue weighted by Gasteiger charge is -2.31. The number of amides is 2. The lowest BCUT2D eigenvalue weighted by molar-refractivity contribution is -0.114. The zero-order chi connectivity index (χ0) is 22.0. The van der Waals surface area contributed by atoms with Gasteiger partial charge >= 0.3 is 0 Å². The maximum atomic E-state index is 12.9. The number of fused-ring (bicyclic) bond motifs is 1. The highest BCUT2D eigenvalue weighted by Crippen LogP contribution is 2.23. The van der Waals surface area contributed by atoms with E-state index in [0.717, 1.165) is 5.39 Å². The molecule has 3 aromatic rings. The van der Waals surface area contributed by atoms with Crippen molar-refractivity contribution in [3.05, 3.63) is 54.2 Å². The molecule has 1 fully saturated rings. The summed E-state index contributed by atoms with van der Waals surface area (Å²) in [5, 5.41) is 13.3. The molecule has 1 aromatic heterocycles. The van der Waals surface area contributed by atoms with Crippen molar-refractivity contribution in [1.29, 1.82) is 0 Å². The number of nitrogens with one attached hydrogen (secondary N) is 3. The van der Waals surface area contributed by atoms with Gasteiger partial charge in [-0.25, -0.2) is 8.42 Å². The number of anilines is 1. The molecule has 4 rings (SSSR count). The number of aromatic amines is 1. The number of carbonyl (C=O) groups is 2. The molecule has 0 aliphatic carbocycles. The van der Waals surface area contributed by atoms with Crippen LogP contribution < -0.4 is 10.6 Å². The zero-order valence-corrected chi connectivity index (χ0v) is 17.8. The molecule has 162 valence electrons. The number of H-pyrrole nitrogens is 1. The molecule has 1 saturated heterocycles. The maximum Gasteiger partial charge on any atom is 0.253 e. The first-order valence-electron chi connectivity index (χ1n) is 9.95. The van der Waals surface area contributed by atoms with Gasteiger partial charge in [0.05, 0.1) is 22.2 Å². The predicted octanol–water partition coefficient (Wildman–Crippen LogP) is 2.10. The summed E-state index contributed by atoms with van der Waals surface area (Å²) in [6.45, 7) is 2.02. The average molecular weight is 442 g/mol. The Labute approximate surface area is 179 Å². The Morgan fingerprint density at radius 3 is 2.48 bits per heavy atom. The Hall–Kier alpha value is -3.24. The Morgan fingerprint density at radius 2 is 1.81 bits per heavy atom. The van der Waals surface area contributed by atoms with Gasteiger partial charge < -0.3 is 10.6 Å². The second kappa shape index (κ2) is 8.48. The van der Waals surface area contributed by atoms with E-state index < -0.39 is 10.0 Å². The highest BCUT2D eigenvalue weighted by Gasteiger charge is 2.30. The van der Waals surface area contributed by atoms with Gasteiger partial charge in [-0.2, -0.15) is 9.40 Å². The van der Waals surface area contributed by atoms with Crippen LogP contribution in [-0.2, 0) is 14.8 Å². The van der Waals surface area contributed by atoms with Gasteiger partial charge in [0.2, 0.25) is 15.9 Å². The summed E-state index contributed by atoms with van der Waals surface area (Å²) in [4.78, 5) is 24.0. The molecule has 0 radical (unpaired) electrons. The van der Waals surface area contributed by atoms with Crippen molar-refractivity contribution < 1.29 is 18.0 Å². The van der Waals surface area contributed by atoms with Gasteiger partial charge in [-0.15, -0.1) is 0 Å². The second-order valence-electron chi connectivity index (χ2n) is 7.50. The molecule has 0 unspecified atom stereocenters. The summed E-state index contributed by atoms with van der Waals surface area (Å²) in [6, 6.07) is 11.4. The number of aromatic nitrogens is 2. The number of nitrogens with zero attached hydrogens (tertiary/aromatic N) is 2. The summed E-state index contributed by atoms with van der Waals surface area (Å²) >= 11 is 0. The van der Waals surface area contributed by atoms with Crippen LogP contribution in [-0.4, -0.2) is 53.9 Å². The van der Waals surface area contributed by atoms with Crippen molar-refractivity contribution in [1.82, 2.24) is 19.8 Å². The monoisotopic (exact) mass is 441 g/mol. The van der Waals surface area contributed by atoms with Gasteiger partial charge in [-0.05, 0) is 43.2 Å². The fraction of sp³-hybridized carbons (Fsp3) is 0.286. The van der Waals surface area contributed by atoms with E-state index in [1.807, 2.05) is 6.07 Å². The third-order valence-electron chi connectivity index (χ3n) is 5.32. The number of piperidine rings is 1.